The van der Waals surface area contributed by atoms with Gasteiger partial charge in [-0.05, 0) is 18.9 Å². The normalized spacial score (nSPS) is 17.6. The van der Waals surface area contributed by atoms with Crippen molar-refractivity contribution in [1.29, 1.82) is 0 Å². The van der Waals surface area contributed by atoms with Crippen LogP contribution in [0.25, 0.3) is 0 Å². The van der Waals surface area contributed by atoms with Gasteiger partial charge in [0.1, 0.15) is 0 Å². The van der Waals surface area contributed by atoms with Gasteiger partial charge in [-0.15, -0.1) is 0 Å². The number of nitrogens with one attached hydrogen (secondary N) is 1. The Bertz CT molecular complexity index is 562. The number of aliphatic hydroxyl groups is 1. The van der Waals surface area contributed by atoms with Gasteiger partial charge in [0.25, 0.3) is 5.56 Å². The van der Waals surface area contributed by atoms with Crippen LogP contribution in [0.2, 0.25) is 0 Å². The first-order valence-corrected chi connectivity index (χ1v) is 7.36. The van der Waals surface area contributed by atoms with Crippen LogP contribution in [0.1, 0.15) is 12.8 Å². The van der Waals surface area contributed by atoms with Crippen LogP contribution in [0.3, 0.4) is 0 Å². The summed E-state index contributed by atoms with van der Waals surface area (Å²) in [6, 6.07) is 4.69. The van der Waals surface area contributed by atoms with Crippen molar-refractivity contribution in [2.75, 3.05) is 6.54 Å². The van der Waals surface area contributed by atoms with Crippen LogP contribution >= 0.6 is 0 Å². The maximum absolute atomic E-state index is 11.5. The minimum absolute atomic E-state index is 0.0693. The van der Waals surface area contributed by atoms with Crippen LogP contribution in [0, 0.1) is 0 Å². The molecule has 1 heterocycles. The standard InChI is InChI=1S/C11H16N2O4S/c14-9(7-12-18(16,17)10-4-5-10)8-13-6-2-1-3-11(13)15/h1-3,6,9-10,12,14H,4-5,7-8H2. The highest BCUT2D eigenvalue weighted by Gasteiger charge is 2.35. The first-order chi connectivity index (χ1) is 8.49. The predicted octanol–water partition coefficient (Wildman–Crippen LogP) is -0.709. The Kier molecular flexibility index (Phi) is 3.84. The Morgan fingerprint density at radius 1 is 1.44 bits per heavy atom. The van der Waals surface area contributed by atoms with Gasteiger partial charge >= 0.3 is 0 Å². The smallest absolute Gasteiger partial charge is 0.250 e. The SMILES string of the molecule is O=c1ccccn1CC(O)CNS(=O)(=O)C1CC1. The lowest BCUT2D eigenvalue weighted by atomic mass is 10.3. The van der Waals surface area contributed by atoms with E-state index in [0.717, 1.165) is 0 Å². The molecule has 0 radical (unpaired) electrons. The molecule has 100 valence electrons. The van der Waals surface area contributed by atoms with E-state index in [0.29, 0.717) is 12.8 Å². The molecule has 7 heteroatoms. The molecule has 0 aliphatic heterocycles. The van der Waals surface area contributed by atoms with Gasteiger partial charge in [-0.3, -0.25) is 4.79 Å². The number of pyridine rings is 1. The van der Waals surface area contributed by atoms with E-state index >= 15 is 0 Å². The Morgan fingerprint density at radius 3 is 2.78 bits per heavy atom. The number of hydrogen-bond donors (Lipinski definition) is 2. The Hall–Kier alpha value is -1.18. The third kappa shape index (κ3) is 3.41. The highest BCUT2D eigenvalue weighted by atomic mass is 32.2. The average Bonchev–Trinajstić information content (AvgIpc) is 3.14. The molecule has 18 heavy (non-hydrogen) atoms. The fraction of sp³-hybridized carbons (Fsp3) is 0.545. The van der Waals surface area contributed by atoms with Gasteiger partial charge in [-0.25, -0.2) is 13.1 Å². The molecule has 1 saturated carbocycles. The summed E-state index contributed by atoms with van der Waals surface area (Å²) in [4.78, 5) is 11.4. The lowest BCUT2D eigenvalue weighted by molar-refractivity contribution is 0.156. The second-order valence-electron chi connectivity index (χ2n) is 4.44. The molecule has 1 aromatic heterocycles. The van der Waals surface area contributed by atoms with Crippen molar-refractivity contribution in [2.45, 2.75) is 30.7 Å². The van der Waals surface area contributed by atoms with E-state index in [-0.39, 0.29) is 23.9 Å². The molecule has 0 aromatic carbocycles. The molecule has 2 rings (SSSR count). The maximum atomic E-state index is 11.5. The Balaban J connectivity index is 1.87. The minimum Gasteiger partial charge on any atom is -0.390 e. The van der Waals surface area contributed by atoms with Gasteiger partial charge in [0.15, 0.2) is 0 Å². The molecule has 0 saturated heterocycles. The van der Waals surface area contributed by atoms with E-state index in [4.69, 9.17) is 0 Å². The van der Waals surface area contributed by atoms with E-state index in [9.17, 15) is 18.3 Å². The van der Waals surface area contributed by atoms with E-state index in [1.165, 1.54) is 10.6 Å². The molecule has 1 aliphatic carbocycles. The van der Waals surface area contributed by atoms with Gasteiger partial charge in [0.05, 0.1) is 17.9 Å². The second-order valence-corrected chi connectivity index (χ2v) is 6.48. The van der Waals surface area contributed by atoms with Crippen molar-refractivity contribution in [3.05, 3.63) is 34.7 Å². The third-order valence-corrected chi connectivity index (χ3v) is 4.71. The first-order valence-electron chi connectivity index (χ1n) is 5.81. The molecular formula is C11H16N2O4S. The summed E-state index contributed by atoms with van der Waals surface area (Å²) in [5, 5.41) is 9.40. The molecule has 1 unspecified atom stereocenters. The highest BCUT2D eigenvalue weighted by molar-refractivity contribution is 7.90. The van der Waals surface area contributed by atoms with Crippen molar-refractivity contribution in [3.63, 3.8) is 0 Å². The number of hydrogen-bond acceptors (Lipinski definition) is 4. The summed E-state index contributed by atoms with van der Waals surface area (Å²) in [5.41, 5.74) is -0.221. The zero-order valence-corrected chi connectivity index (χ0v) is 10.6. The number of rotatable bonds is 6. The topological polar surface area (TPSA) is 88.4 Å². The van der Waals surface area contributed by atoms with Crippen molar-refractivity contribution < 1.29 is 13.5 Å². The van der Waals surface area contributed by atoms with Crippen molar-refractivity contribution in [2.24, 2.45) is 0 Å². The Morgan fingerprint density at radius 2 is 2.17 bits per heavy atom. The van der Waals surface area contributed by atoms with Crippen molar-refractivity contribution in [1.82, 2.24) is 9.29 Å². The molecule has 1 atom stereocenters. The van der Waals surface area contributed by atoms with Gasteiger partial charge in [-0.2, -0.15) is 0 Å². The zero-order valence-electron chi connectivity index (χ0n) is 9.82. The van der Waals surface area contributed by atoms with Crippen LogP contribution in [-0.2, 0) is 16.6 Å². The molecule has 0 spiro atoms. The van der Waals surface area contributed by atoms with Gasteiger partial charge in [-0.1, -0.05) is 6.07 Å². The van der Waals surface area contributed by atoms with Crippen LogP contribution in [0.15, 0.2) is 29.2 Å². The first kappa shape index (κ1) is 13.3. The summed E-state index contributed by atoms with van der Waals surface area (Å²) in [5.74, 6) is 0. The number of aromatic nitrogens is 1. The van der Waals surface area contributed by atoms with Gasteiger partial charge in [0, 0.05) is 18.8 Å². The molecule has 2 N–H and O–H groups in total. The average molecular weight is 272 g/mol. The lowest BCUT2D eigenvalue weighted by Crippen LogP contribution is -2.37. The van der Waals surface area contributed by atoms with Crippen LogP contribution in [0.4, 0.5) is 0 Å². The number of aliphatic hydroxyl groups excluding tert-OH is 1. The third-order valence-electron chi connectivity index (χ3n) is 2.79. The summed E-state index contributed by atoms with van der Waals surface area (Å²) in [7, 11) is -3.28. The van der Waals surface area contributed by atoms with Crippen LogP contribution in [-0.4, -0.2) is 36.0 Å². The molecule has 0 bridgehead atoms. The Labute approximate surface area is 105 Å². The summed E-state index contributed by atoms with van der Waals surface area (Å²) < 4.78 is 26.8. The van der Waals surface area contributed by atoms with Crippen molar-refractivity contribution in [3.8, 4) is 0 Å². The monoisotopic (exact) mass is 272 g/mol. The molecule has 1 aliphatic rings. The largest absolute Gasteiger partial charge is 0.390 e. The molecular weight excluding hydrogens is 256 g/mol. The molecule has 1 aromatic rings. The van der Waals surface area contributed by atoms with Crippen molar-refractivity contribution >= 4 is 10.0 Å². The van der Waals surface area contributed by atoms with Gasteiger partial charge in [0.2, 0.25) is 10.0 Å². The molecule has 1 fully saturated rings. The summed E-state index contributed by atoms with van der Waals surface area (Å²) in [6.07, 6.45) is 2.01. The molecule has 0 amide bonds. The van der Waals surface area contributed by atoms with E-state index < -0.39 is 16.1 Å². The van der Waals surface area contributed by atoms with Crippen LogP contribution in [0.5, 0.6) is 0 Å². The van der Waals surface area contributed by atoms with E-state index in [1.807, 2.05) is 0 Å². The fourth-order valence-electron chi connectivity index (χ4n) is 1.61. The van der Waals surface area contributed by atoms with Gasteiger partial charge < -0.3 is 9.67 Å². The lowest BCUT2D eigenvalue weighted by Gasteiger charge is -2.13. The summed E-state index contributed by atoms with van der Waals surface area (Å²) >= 11 is 0. The minimum atomic E-state index is -3.28. The quantitative estimate of drug-likeness (QED) is 0.716. The second kappa shape index (κ2) is 5.21. The zero-order chi connectivity index (χ0) is 13.2. The number of nitrogens with zero attached hydrogens (tertiary/aromatic N) is 1. The maximum Gasteiger partial charge on any atom is 0.250 e. The summed E-state index contributed by atoms with van der Waals surface area (Å²) in [6.45, 7) is 0.00697. The molecule has 6 nitrogen and oxygen atoms in total. The van der Waals surface area contributed by atoms with E-state index in [1.54, 1.807) is 18.3 Å². The van der Waals surface area contributed by atoms with E-state index in [2.05, 4.69) is 4.72 Å². The predicted molar refractivity (Wildman–Crippen MR) is 66.7 cm³/mol. The number of sulfonamides is 1. The van der Waals surface area contributed by atoms with Crippen LogP contribution < -0.4 is 10.3 Å². The highest BCUT2D eigenvalue weighted by Crippen LogP contribution is 2.27. The fourth-order valence-corrected chi connectivity index (χ4v) is 3.03.